The standard InChI is InChI=1S/C11H14N2O/c1-13(2,3)10-8-6-4-5-7-9(8)12-11(10)14/h4-7,10H,1-3H3/p+1. The minimum absolute atomic E-state index is 0.0776. The SMILES string of the molecule is C[N+](C)(C)C1C(=O)Nc2ccccc21. The Morgan fingerprint density at radius 2 is 1.86 bits per heavy atom. The van der Waals surface area contributed by atoms with Crippen LogP contribution in [0.15, 0.2) is 24.3 Å². The molecular formula is C11H15N2O+. The maximum Gasteiger partial charge on any atom is 0.287 e. The van der Waals surface area contributed by atoms with Gasteiger partial charge in [-0.15, -0.1) is 0 Å². The number of fused-ring (bicyclic) bond motifs is 1. The zero-order valence-corrected chi connectivity index (χ0v) is 8.74. The minimum atomic E-state index is -0.0776. The molecule has 2 rings (SSSR count). The van der Waals surface area contributed by atoms with Crippen molar-refractivity contribution in [3.05, 3.63) is 29.8 Å². The number of carbonyl (C=O) groups is 1. The Hall–Kier alpha value is -1.35. The highest BCUT2D eigenvalue weighted by Crippen LogP contribution is 2.35. The molecule has 0 spiro atoms. The van der Waals surface area contributed by atoms with Crippen LogP contribution < -0.4 is 5.32 Å². The molecule has 14 heavy (non-hydrogen) atoms. The van der Waals surface area contributed by atoms with Gasteiger partial charge in [-0.05, 0) is 6.07 Å². The molecule has 0 fully saturated rings. The third-order valence-corrected chi connectivity index (χ3v) is 2.54. The van der Waals surface area contributed by atoms with Gasteiger partial charge in [-0.25, -0.2) is 0 Å². The lowest BCUT2D eigenvalue weighted by molar-refractivity contribution is -0.891. The van der Waals surface area contributed by atoms with Gasteiger partial charge in [-0.2, -0.15) is 0 Å². The number of carbonyl (C=O) groups excluding carboxylic acids is 1. The van der Waals surface area contributed by atoms with Crippen molar-refractivity contribution >= 4 is 11.6 Å². The van der Waals surface area contributed by atoms with Crippen LogP contribution in [0, 0.1) is 0 Å². The van der Waals surface area contributed by atoms with E-state index in [1.165, 1.54) is 0 Å². The number of nitrogens with one attached hydrogen (secondary N) is 1. The average molecular weight is 191 g/mol. The van der Waals surface area contributed by atoms with E-state index in [2.05, 4.69) is 5.32 Å². The summed E-state index contributed by atoms with van der Waals surface area (Å²) in [4.78, 5) is 11.8. The third kappa shape index (κ3) is 1.30. The van der Waals surface area contributed by atoms with Gasteiger partial charge in [0, 0.05) is 5.56 Å². The van der Waals surface area contributed by atoms with E-state index in [9.17, 15) is 4.79 Å². The van der Waals surface area contributed by atoms with Gasteiger partial charge in [0.15, 0.2) is 6.04 Å². The van der Waals surface area contributed by atoms with Crippen molar-refractivity contribution in [3.63, 3.8) is 0 Å². The maximum absolute atomic E-state index is 11.8. The highest BCUT2D eigenvalue weighted by atomic mass is 16.2. The summed E-state index contributed by atoms with van der Waals surface area (Å²) in [6.45, 7) is 0. The molecule has 3 heteroatoms. The molecule has 3 nitrogen and oxygen atoms in total. The molecule has 0 aliphatic carbocycles. The fourth-order valence-corrected chi connectivity index (χ4v) is 1.96. The summed E-state index contributed by atoms with van der Waals surface area (Å²) in [7, 11) is 6.10. The molecule has 0 saturated carbocycles. The molecule has 1 aromatic rings. The predicted molar refractivity (Wildman–Crippen MR) is 55.8 cm³/mol. The van der Waals surface area contributed by atoms with Crippen LogP contribution in [0.2, 0.25) is 0 Å². The molecular weight excluding hydrogens is 176 g/mol. The number of hydrogen-bond donors (Lipinski definition) is 1. The van der Waals surface area contributed by atoms with Crippen molar-refractivity contribution in [2.45, 2.75) is 6.04 Å². The molecule has 0 radical (unpaired) electrons. The van der Waals surface area contributed by atoms with Gasteiger partial charge in [0.05, 0.1) is 26.8 Å². The molecule has 1 heterocycles. The molecule has 1 aliphatic heterocycles. The van der Waals surface area contributed by atoms with Crippen molar-refractivity contribution in [1.29, 1.82) is 0 Å². The van der Waals surface area contributed by atoms with Crippen molar-refractivity contribution in [3.8, 4) is 0 Å². The van der Waals surface area contributed by atoms with Gasteiger partial charge >= 0.3 is 0 Å². The molecule has 1 amide bonds. The van der Waals surface area contributed by atoms with Crippen molar-refractivity contribution in [2.24, 2.45) is 0 Å². The molecule has 0 bridgehead atoms. The number of benzene rings is 1. The first-order valence-corrected chi connectivity index (χ1v) is 4.71. The van der Waals surface area contributed by atoms with Crippen molar-refractivity contribution in [1.82, 2.24) is 0 Å². The van der Waals surface area contributed by atoms with Crippen molar-refractivity contribution in [2.75, 3.05) is 26.5 Å². The van der Waals surface area contributed by atoms with Gasteiger partial charge in [0.1, 0.15) is 0 Å². The van der Waals surface area contributed by atoms with Crippen LogP contribution in [0.3, 0.4) is 0 Å². The molecule has 1 N–H and O–H groups in total. The zero-order chi connectivity index (χ0) is 10.3. The predicted octanol–water partition coefficient (Wildman–Crippen LogP) is 1.39. The van der Waals surface area contributed by atoms with E-state index in [0.29, 0.717) is 4.48 Å². The van der Waals surface area contributed by atoms with Gasteiger partial charge in [-0.1, -0.05) is 18.2 Å². The average Bonchev–Trinajstić information content (AvgIpc) is 2.38. The highest BCUT2D eigenvalue weighted by molar-refractivity contribution is 6.01. The van der Waals surface area contributed by atoms with Crippen LogP contribution in [0.5, 0.6) is 0 Å². The number of hydrogen-bond acceptors (Lipinski definition) is 1. The Bertz CT molecular complexity index is 379. The third-order valence-electron chi connectivity index (χ3n) is 2.54. The van der Waals surface area contributed by atoms with Crippen LogP contribution in [-0.4, -0.2) is 31.5 Å². The Balaban J connectivity index is 2.50. The molecule has 1 aliphatic rings. The van der Waals surface area contributed by atoms with E-state index < -0.39 is 0 Å². The van der Waals surface area contributed by atoms with E-state index in [0.717, 1.165) is 11.3 Å². The fraction of sp³-hybridized carbons (Fsp3) is 0.364. The smallest absolute Gasteiger partial charge is 0.287 e. The van der Waals surface area contributed by atoms with Gasteiger partial charge in [0.25, 0.3) is 5.91 Å². The van der Waals surface area contributed by atoms with Gasteiger partial charge < -0.3 is 9.80 Å². The normalized spacial score (nSPS) is 20.5. The second kappa shape index (κ2) is 2.82. The molecule has 0 aromatic heterocycles. The number of para-hydroxylation sites is 1. The number of likely N-dealkylation sites (N-methyl/N-ethyl adjacent to an activating group) is 1. The Morgan fingerprint density at radius 1 is 1.21 bits per heavy atom. The van der Waals surface area contributed by atoms with E-state index >= 15 is 0 Å². The quantitative estimate of drug-likeness (QED) is 0.668. The number of rotatable bonds is 1. The Kier molecular flexibility index (Phi) is 1.86. The summed E-state index contributed by atoms with van der Waals surface area (Å²) in [5, 5.41) is 2.90. The lowest BCUT2D eigenvalue weighted by Crippen LogP contribution is -2.42. The van der Waals surface area contributed by atoms with E-state index in [1.54, 1.807) is 0 Å². The first-order chi connectivity index (χ1) is 6.50. The fourth-order valence-electron chi connectivity index (χ4n) is 1.96. The summed E-state index contributed by atoms with van der Waals surface area (Å²) in [5.41, 5.74) is 2.06. The lowest BCUT2D eigenvalue weighted by atomic mass is 10.1. The van der Waals surface area contributed by atoms with Gasteiger partial charge in [0.2, 0.25) is 0 Å². The van der Waals surface area contributed by atoms with Crippen LogP contribution in [-0.2, 0) is 4.79 Å². The summed E-state index contributed by atoms with van der Waals surface area (Å²) in [6, 6.07) is 7.80. The Labute approximate surface area is 83.9 Å². The van der Waals surface area contributed by atoms with Crippen LogP contribution in [0.25, 0.3) is 0 Å². The molecule has 1 atom stereocenters. The maximum atomic E-state index is 11.8. The summed E-state index contributed by atoms with van der Waals surface area (Å²) in [6.07, 6.45) is 0. The largest absolute Gasteiger partial charge is 0.320 e. The van der Waals surface area contributed by atoms with Gasteiger partial charge in [-0.3, -0.25) is 4.79 Å². The second-order valence-electron chi connectivity index (χ2n) is 4.60. The highest BCUT2D eigenvalue weighted by Gasteiger charge is 2.39. The molecule has 74 valence electrons. The van der Waals surface area contributed by atoms with Crippen LogP contribution in [0.4, 0.5) is 5.69 Å². The van der Waals surface area contributed by atoms with Crippen molar-refractivity contribution < 1.29 is 9.28 Å². The molecule has 1 unspecified atom stereocenters. The number of anilines is 1. The summed E-state index contributed by atoms with van der Waals surface area (Å²) < 4.78 is 0.628. The van der Waals surface area contributed by atoms with Crippen LogP contribution in [0.1, 0.15) is 11.6 Å². The number of amides is 1. The molecule has 1 aromatic carbocycles. The Morgan fingerprint density at radius 3 is 2.50 bits per heavy atom. The van der Waals surface area contributed by atoms with E-state index in [4.69, 9.17) is 0 Å². The first-order valence-electron chi connectivity index (χ1n) is 4.71. The summed E-state index contributed by atoms with van der Waals surface area (Å²) >= 11 is 0. The molecule has 0 saturated heterocycles. The number of nitrogens with zero attached hydrogens (tertiary/aromatic N) is 1. The second-order valence-corrected chi connectivity index (χ2v) is 4.60. The zero-order valence-electron chi connectivity index (χ0n) is 8.74. The van der Waals surface area contributed by atoms with E-state index in [1.807, 2.05) is 45.4 Å². The van der Waals surface area contributed by atoms with E-state index in [-0.39, 0.29) is 11.9 Å². The topological polar surface area (TPSA) is 29.1 Å². The van der Waals surface area contributed by atoms with Crippen LogP contribution >= 0.6 is 0 Å². The first kappa shape index (κ1) is 9.21. The lowest BCUT2D eigenvalue weighted by Gasteiger charge is -2.29. The summed E-state index contributed by atoms with van der Waals surface area (Å²) in [5.74, 6) is 0.0960. The monoisotopic (exact) mass is 191 g/mol. The number of quaternary nitrogens is 1. The minimum Gasteiger partial charge on any atom is -0.320 e.